The van der Waals surface area contributed by atoms with Crippen molar-refractivity contribution in [2.75, 3.05) is 26.9 Å². The topological polar surface area (TPSA) is 114 Å². The number of amides is 1. The van der Waals surface area contributed by atoms with Gasteiger partial charge in [-0.15, -0.1) is 0 Å². The molecule has 8 nitrogen and oxygen atoms in total. The number of rotatable bonds is 7. The number of hydrogen-bond donors (Lipinski definition) is 3. The van der Waals surface area contributed by atoms with Crippen molar-refractivity contribution in [2.24, 2.45) is 0 Å². The van der Waals surface area contributed by atoms with E-state index in [4.69, 9.17) is 9.84 Å². The molecule has 1 aliphatic heterocycles. The number of methoxy groups -OCH3 is 1. The summed E-state index contributed by atoms with van der Waals surface area (Å²) in [6, 6.07) is -1.20. The molecule has 0 saturated carbocycles. The van der Waals surface area contributed by atoms with Gasteiger partial charge in [0.25, 0.3) is 0 Å². The van der Waals surface area contributed by atoms with Crippen molar-refractivity contribution >= 4 is 17.8 Å². The standard InChI is InChI=1S/C12H20N2O6/c1-19-11(16)3-2-9(12(17)18)14-10(15)6-8-7-20-5-4-13-8/h8-9,13H,2-7H2,1H3,(H,14,15)(H,17,18)/t8?,9-/m1/s1. The summed E-state index contributed by atoms with van der Waals surface area (Å²) in [5, 5.41) is 14.5. The van der Waals surface area contributed by atoms with Crippen LogP contribution in [0.2, 0.25) is 0 Å². The number of carboxylic acids is 1. The molecule has 0 aromatic heterocycles. The van der Waals surface area contributed by atoms with Crippen molar-refractivity contribution < 1.29 is 29.0 Å². The molecule has 20 heavy (non-hydrogen) atoms. The van der Waals surface area contributed by atoms with Gasteiger partial charge in [-0.3, -0.25) is 9.59 Å². The van der Waals surface area contributed by atoms with Crippen LogP contribution in [0.25, 0.3) is 0 Å². The Hall–Kier alpha value is -1.67. The maximum absolute atomic E-state index is 11.8. The summed E-state index contributed by atoms with van der Waals surface area (Å²) >= 11 is 0. The van der Waals surface area contributed by atoms with Crippen molar-refractivity contribution in [3.8, 4) is 0 Å². The van der Waals surface area contributed by atoms with Gasteiger partial charge in [-0.05, 0) is 6.42 Å². The molecule has 1 fully saturated rings. The molecule has 114 valence electrons. The van der Waals surface area contributed by atoms with E-state index in [2.05, 4.69) is 15.4 Å². The lowest BCUT2D eigenvalue weighted by Gasteiger charge is -2.24. The van der Waals surface area contributed by atoms with Gasteiger partial charge < -0.3 is 25.2 Å². The van der Waals surface area contributed by atoms with E-state index in [1.165, 1.54) is 7.11 Å². The smallest absolute Gasteiger partial charge is 0.326 e. The molecule has 2 atom stereocenters. The van der Waals surface area contributed by atoms with Crippen LogP contribution in [0, 0.1) is 0 Å². The van der Waals surface area contributed by atoms with Crippen LogP contribution in [-0.2, 0) is 23.9 Å². The molecule has 1 rings (SSSR count). The molecule has 0 bridgehead atoms. The first-order chi connectivity index (χ1) is 9.52. The molecule has 1 unspecified atom stereocenters. The van der Waals surface area contributed by atoms with Gasteiger partial charge in [-0.1, -0.05) is 0 Å². The lowest BCUT2D eigenvalue weighted by molar-refractivity contribution is -0.144. The summed E-state index contributed by atoms with van der Waals surface area (Å²) in [6.45, 7) is 1.70. The molecule has 8 heteroatoms. The Morgan fingerprint density at radius 3 is 2.80 bits per heavy atom. The average molecular weight is 288 g/mol. The van der Waals surface area contributed by atoms with Crippen molar-refractivity contribution in [1.82, 2.24) is 10.6 Å². The average Bonchev–Trinajstić information content (AvgIpc) is 2.43. The Balaban J connectivity index is 2.37. The monoisotopic (exact) mass is 288 g/mol. The van der Waals surface area contributed by atoms with E-state index < -0.39 is 18.0 Å². The second-order valence-electron chi connectivity index (χ2n) is 4.50. The highest BCUT2D eigenvalue weighted by Crippen LogP contribution is 2.03. The highest BCUT2D eigenvalue weighted by atomic mass is 16.5. The van der Waals surface area contributed by atoms with Crippen LogP contribution in [0.5, 0.6) is 0 Å². The SMILES string of the molecule is COC(=O)CC[C@@H](NC(=O)CC1COCCN1)C(=O)O. The minimum absolute atomic E-state index is 0.00232. The zero-order valence-electron chi connectivity index (χ0n) is 11.4. The molecular weight excluding hydrogens is 268 g/mol. The van der Waals surface area contributed by atoms with E-state index in [-0.39, 0.29) is 31.2 Å². The van der Waals surface area contributed by atoms with Crippen LogP contribution in [0.15, 0.2) is 0 Å². The third kappa shape index (κ3) is 5.98. The Kier molecular flexibility index (Phi) is 6.96. The Bertz CT molecular complexity index is 354. The first-order valence-electron chi connectivity index (χ1n) is 6.43. The fourth-order valence-electron chi connectivity index (χ4n) is 1.85. The third-order valence-corrected chi connectivity index (χ3v) is 2.93. The lowest BCUT2D eigenvalue weighted by Crippen LogP contribution is -2.47. The van der Waals surface area contributed by atoms with Gasteiger partial charge >= 0.3 is 11.9 Å². The maximum Gasteiger partial charge on any atom is 0.326 e. The van der Waals surface area contributed by atoms with Crippen molar-refractivity contribution in [1.29, 1.82) is 0 Å². The third-order valence-electron chi connectivity index (χ3n) is 2.93. The molecule has 1 saturated heterocycles. The quantitative estimate of drug-likeness (QED) is 0.509. The summed E-state index contributed by atoms with van der Waals surface area (Å²) in [5.74, 6) is -2.06. The second-order valence-corrected chi connectivity index (χ2v) is 4.50. The summed E-state index contributed by atoms with van der Waals surface area (Å²) in [6.07, 6.45) is 0.0862. The fourth-order valence-corrected chi connectivity index (χ4v) is 1.85. The summed E-state index contributed by atoms with van der Waals surface area (Å²) in [5.41, 5.74) is 0. The van der Waals surface area contributed by atoms with Gasteiger partial charge in [0.1, 0.15) is 6.04 Å². The van der Waals surface area contributed by atoms with Gasteiger partial charge in [0, 0.05) is 25.4 Å². The summed E-state index contributed by atoms with van der Waals surface area (Å²) in [7, 11) is 1.23. The highest BCUT2D eigenvalue weighted by Gasteiger charge is 2.23. The molecule has 0 aromatic carbocycles. The number of carboxylic acid groups (broad SMARTS) is 1. The van der Waals surface area contributed by atoms with Crippen LogP contribution < -0.4 is 10.6 Å². The number of aliphatic carboxylic acids is 1. The number of carbonyl (C=O) groups excluding carboxylic acids is 2. The number of nitrogens with one attached hydrogen (secondary N) is 2. The maximum atomic E-state index is 11.8. The van der Waals surface area contributed by atoms with Gasteiger partial charge in [-0.25, -0.2) is 4.79 Å². The van der Waals surface area contributed by atoms with Crippen LogP contribution in [0.1, 0.15) is 19.3 Å². The first-order valence-corrected chi connectivity index (χ1v) is 6.43. The molecule has 0 aromatic rings. The van der Waals surface area contributed by atoms with E-state index in [0.29, 0.717) is 19.8 Å². The highest BCUT2D eigenvalue weighted by molar-refractivity contribution is 5.84. The second kappa shape index (κ2) is 8.49. The predicted molar refractivity (Wildman–Crippen MR) is 68.0 cm³/mol. The fraction of sp³-hybridized carbons (Fsp3) is 0.750. The molecule has 1 amide bonds. The molecule has 1 heterocycles. The van der Waals surface area contributed by atoms with Gasteiger partial charge in [0.2, 0.25) is 5.91 Å². The van der Waals surface area contributed by atoms with Crippen molar-refractivity contribution in [3.63, 3.8) is 0 Å². The minimum Gasteiger partial charge on any atom is -0.480 e. The Labute approximate surface area is 116 Å². The van der Waals surface area contributed by atoms with Crippen LogP contribution in [0.4, 0.5) is 0 Å². The first kappa shape index (κ1) is 16.4. The Morgan fingerprint density at radius 2 is 2.25 bits per heavy atom. The largest absolute Gasteiger partial charge is 0.480 e. The predicted octanol–water partition coefficient (Wildman–Crippen LogP) is -1.11. The van der Waals surface area contributed by atoms with Gasteiger partial charge in [0.05, 0.1) is 20.3 Å². The van der Waals surface area contributed by atoms with Gasteiger partial charge in [-0.2, -0.15) is 0 Å². The van der Waals surface area contributed by atoms with Crippen LogP contribution in [0.3, 0.4) is 0 Å². The molecule has 0 radical (unpaired) electrons. The summed E-state index contributed by atoms with van der Waals surface area (Å²) in [4.78, 5) is 33.8. The van der Waals surface area contributed by atoms with Crippen LogP contribution >= 0.6 is 0 Å². The van der Waals surface area contributed by atoms with E-state index in [0.717, 1.165) is 0 Å². The molecule has 3 N–H and O–H groups in total. The number of ether oxygens (including phenoxy) is 2. The lowest BCUT2D eigenvalue weighted by atomic mass is 10.1. The minimum atomic E-state index is -1.17. The van der Waals surface area contributed by atoms with Crippen molar-refractivity contribution in [2.45, 2.75) is 31.3 Å². The number of esters is 1. The molecule has 0 spiro atoms. The van der Waals surface area contributed by atoms with Crippen LogP contribution in [-0.4, -0.2) is 61.9 Å². The zero-order chi connectivity index (χ0) is 15.0. The van der Waals surface area contributed by atoms with E-state index in [1.807, 2.05) is 0 Å². The Morgan fingerprint density at radius 1 is 1.50 bits per heavy atom. The van der Waals surface area contributed by atoms with E-state index in [1.54, 1.807) is 0 Å². The molecule has 1 aliphatic rings. The van der Waals surface area contributed by atoms with Gasteiger partial charge in [0.15, 0.2) is 0 Å². The number of hydrogen-bond acceptors (Lipinski definition) is 6. The van der Waals surface area contributed by atoms with E-state index in [9.17, 15) is 14.4 Å². The number of carbonyl (C=O) groups is 3. The number of morpholine rings is 1. The van der Waals surface area contributed by atoms with Crippen molar-refractivity contribution in [3.05, 3.63) is 0 Å². The zero-order valence-corrected chi connectivity index (χ0v) is 11.4. The summed E-state index contributed by atoms with van der Waals surface area (Å²) < 4.78 is 9.64. The molecular formula is C12H20N2O6. The normalized spacial score (nSPS) is 19.9. The van der Waals surface area contributed by atoms with E-state index >= 15 is 0 Å². The molecule has 0 aliphatic carbocycles.